The number of halogens is 2. The Hall–Kier alpha value is -1.29. The Morgan fingerprint density at radius 2 is 2.08 bits per heavy atom. The van der Waals surface area contributed by atoms with E-state index >= 15 is 0 Å². The second kappa shape index (κ2) is 2.98. The van der Waals surface area contributed by atoms with Crippen LogP contribution in [0.25, 0.3) is 0 Å². The van der Waals surface area contributed by atoms with Crippen LogP contribution in [-0.4, -0.2) is 5.91 Å². The van der Waals surface area contributed by atoms with E-state index in [0.29, 0.717) is 0 Å². The predicted octanol–water partition coefficient (Wildman–Crippen LogP) is 1.16. The van der Waals surface area contributed by atoms with Gasteiger partial charge in [-0.15, -0.1) is 0 Å². The molecule has 0 atom stereocenters. The highest BCUT2D eigenvalue weighted by Gasteiger charge is 2.09. The Labute approximate surface area is 73.1 Å². The van der Waals surface area contributed by atoms with Crippen LogP contribution in [0.3, 0.4) is 0 Å². The molecule has 0 aromatic heterocycles. The number of carbonyl (C=O) groups excluding carboxylic acids is 1. The third-order valence-corrected chi connectivity index (χ3v) is 1.65. The molecule has 1 aromatic carbocycles. The van der Waals surface area contributed by atoms with Crippen LogP contribution < -0.4 is 11.5 Å². The maximum absolute atomic E-state index is 12.7. The molecule has 1 rings (SSSR count). The van der Waals surface area contributed by atoms with Gasteiger partial charge in [-0.2, -0.15) is 0 Å². The Morgan fingerprint density at radius 3 is 2.58 bits per heavy atom. The highest BCUT2D eigenvalue weighted by Crippen LogP contribution is 2.21. The van der Waals surface area contributed by atoms with Gasteiger partial charge in [0, 0.05) is 5.69 Å². The number of anilines is 1. The Balaban J connectivity index is 3.33. The van der Waals surface area contributed by atoms with Crippen molar-refractivity contribution < 1.29 is 9.18 Å². The molecule has 0 spiro atoms. The van der Waals surface area contributed by atoms with Crippen molar-refractivity contribution in [3.8, 4) is 0 Å². The predicted molar refractivity (Wildman–Crippen MR) is 44.3 cm³/mol. The van der Waals surface area contributed by atoms with Crippen molar-refractivity contribution in [2.24, 2.45) is 5.73 Å². The van der Waals surface area contributed by atoms with Gasteiger partial charge in [-0.25, -0.2) is 4.39 Å². The summed E-state index contributed by atoms with van der Waals surface area (Å²) >= 11 is 5.39. The zero-order valence-corrected chi connectivity index (χ0v) is 6.73. The Morgan fingerprint density at radius 1 is 1.50 bits per heavy atom. The molecule has 0 bridgehead atoms. The first-order chi connectivity index (χ1) is 5.52. The van der Waals surface area contributed by atoms with Gasteiger partial charge in [-0.3, -0.25) is 4.79 Å². The number of hydrogen-bond donors (Lipinski definition) is 2. The normalized spacial score (nSPS) is 9.83. The lowest BCUT2D eigenvalue weighted by Gasteiger charge is -2.02. The maximum atomic E-state index is 12.7. The molecule has 5 heteroatoms. The minimum atomic E-state index is -0.727. The zero-order chi connectivity index (χ0) is 9.30. The second-order valence-electron chi connectivity index (χ2n) is 2.22. The first kappa shape index (κ1) is 8.80. The van der Waals surface area contributed by atoms with Crippen molar-refractivity contribution in [2.75, 3.05) is 5.73 Å². The SMILES string of the molecule is NC(=O)c1cc(Cl)c(F)cc1N. The van der Waals surface area contributed by atoms with Crippen LogP contribution in [0.1, 0.15) is 10.4 Å². The molecule has 0 aliphatic rings. The quantitative estimate of drug-likeness (QED) is 0.650. The molecule has 0 aliphatic carbocycles. The summed E-state index contributed by atoms with van der Waals surface area (Å²) in [6.45, 7) is 0. The molecule has 0 aliphatic heterocycles. The smallest absolute Gasteiger partial charge is 0.250 e. The van der Waals surface area contributed by atoms with Gasteiger partial charge < -0.3 is 11.5 Å². The third-order valence-electron chi connectivity index (χ3n) is 1.36. The molecule has 12 heavy (non-hydrogen) atoms. The molecule has 0 saturated heterocycles. The van der Waals surface area contributed by atoms with E-state index in [2.05, 4.69) is 0 Å². The van der Waals surface area contributed by atoms with Gasteiger partial charge in [0.05, 0.1) is 10.6 Å². The summed E-state index contributed by atoms with van der Waals surface area (Å²) in [5.41, 5.74) is 10.2. The minimum Gasteiger partial charge on any atom is -0.398 e. The number of amides is 1. The number of primary amides is 1. The van der Waals surface area contributed by atoms with Crippen molar-refractivity contribution in [3.05, 3.63) is 28.5 Å². The summed E-state index contributed by atoms with van der Waals surface area (Å²) in [6.07, 6.45) is 0. The van der Waals surface area contributed by atoms with Crippen LogP contribution in [-0.2, 0) is 0 Å². The molecular weight excluding hydrogens is 183 g/mol. The number of benzene rings is 1. The molecule has 0 unspecified atom stereocenters. The maximum Gasteiger partial charge on any atom is 0.250 e. The molecule has 0 radical (unpaired) electrons. The van der Waals surface area contributed by atoms with Gasteiger partial charge in [-0.1, -0.05) is 11.6 Å². The Kier molecular flexibility index (Phi) is 2.19. The van der Waals surface area contributed by atoms with E-state index in [-0.39, 0.29) is 16.3 Å². The van der Waals surface area contributed by atoms with Gasteiger partial charge in [0.25, 0.3) is 5.91 Å². The van der Waals surface area contributed by atoms with Crippen LogP contribution in [0.2, 0.25) is 5.02 Å². The largest absolute Gasteiger partial charge is 0.398 e. The van der Waals surface area contributed by atoms with E-state index in [1.807, 2.05) is 0 Å². The zero-order valence-electron chi connectivity index (χ0n) is 5.97. The highest BCUT2D eigenvalue weighted by atomic mass is 35.5. The van der Waals surface area contributed by atoms with Crippen molar-refractivity contribution in [1.82, 2.24) is 0 Å². The molecular formula is C7H6ClFN2O. The van der Waals surface area contributed by atoms with E-state index in [9.17, 15) is 9.18 Å². The summed E-state index contributed by atoms with van der Waals surface area (Å²) in [5.74, 6) is -1.39. The first-order valence-corrected chi connectivity index (χ1v) is 3.44. The average Bonchev–Trinajstić information content (AvgIpc) is 1.96. The molecule has 0 fully saturated rings. The lowest BCUT2D eigenvalue weighted by Crippen LogP contribution is -2.13. The Bertz CT molecular complexity index is 340. The number of carbonyl (C=O) groups is 1. The average molecular weight is 189 g/mol. The number of hydrogen-bond acceptors (Lipinski definition) is 2. The number of nitrogens with two attached hydrogens (primary N) is 2. The second-order valence-corrected chi connectivity index (χ2v) is 2.63. The first-order valence-electron chi connectivity index (χ1n) is 3.06. The van der Waals surface area contributed by atoms with Gasteiger partial charge in [0.1, 0.15) is 5.82 Å². The number of nitrogen functional groups attached to an aromatic ring is 1. The van der Waals surface area contributed by atoms with Crippen molar-refractivity contribution in [1.29, 1.82) is 0 Å². The summed E-state index contributed by atoms with van der Waals surface area (Å²) in [6, 6.07) is 2.07. The van der Waals surface area contributed by atoms with Crippen molar-refractivity contribution in [2.45, 2.75) is 0 Å². The molecule has 64 valence electrons. The molecule has 1 aromatic rings. The monoisotopic (exact) mass is 188 g/mol. The molecule has 4 N–H and O–H groups in total. The molecule has 0 saturated carbocycles. The number of rotatable bonds is 1. The lowest BCUT2D eigenvalue weighted by atomic mass is 10.1. The third kappa shape index (κ3) is 1.48. The van der Waals surface area contributed by atoms with E-state index in [0.717, 1.165) is 12.1 Å². The van der Waals surface area contributed by atoms with E-state index in [1.165, 1.54) is 0 Å². The summed E-state index contributed by atoms with van der Waals surface area (Å²) in [5, 5.41) is -0.169. The summed E-state index contributed by atoms with van der Waals surface area (Å²) in [7, 11) is 0. The lowest BCUT2D eigenvalue weighted by molar-refractivity contribution is 0.100. The van der Waals surface area contributed by atoms with Crippen molar-refractivity contribution >= 4 is 23.2 Å². The fraction of sp³-hybridized carbons (Fsp3) is 0. The van der Waals surface area contributed by atoms with Gasteiger partial charge in [-0.05, 0) is 12.1 Å². The van der Waals surface area contributed by atoms with Gasteiger partial charge in [0.2, 0.25) is 0 Å². The topological polar surface area (TPSA) is 69.1 Å². The van der Waals surface area contributed by atoms with Crippen LogP contribution in [0.5, 0.6) is 0 Å². The van der Waals surface area contributed by atoms with Gasteiger partial charge in [0.15, 0.2) is 0 Å². The van der Waals surface area contributed by atoms with Crippen LogP contribution in [0, 0.1) is 5.82 Å². The highest BCUT2D eigenvalue weighted by molar-refractivity contribution is 6.31. The van der Waals surface area contributed by atoms with Crippen LogP contribution in [0.4, 0.5) is 10.1 Å². The molecule has 3 nitrogen and oxygen atoms in total. The van der Waals surface area contributed by atoms with E-state index < -0.39 is 11.7 Å². The molecule has 1 amide bonds. The summed E-state index contributed by atoms with van der Waals surface area (Å²) in [4.78, 5) is 10.6. The summed E-state index contributed by atoms with van der Waals surface area (Å²) < 4.78 is 12.7. The van der Waals surface area contributed by atoms with E-state index in [4.69, 9.17) is 23.1 Å². The van der Waals surface area contributed by atoms with Crippen LogP contribution >= 0.6 is 11.6 Å². The van der Waals surface area contributed by atoms with Crippen LogP contribution in [0.15, 0.2) is 12.1 Å². The molecule has 0 heterocycles. The standard InChI is InChI=1S/C7H6ClFN2O/c8-4-1-3(7(11)12)6(10)2-5(4)9/h1-2H,10H2,(H2,11,12). The van der Waals surface area contributed by atoms with E-state index in [1.54, 1.807) is 0 Å². The fourth-order valence-corrected chi connectivity index (χ4v) is 0.939. The fourth-order valence-electron chi connectivity index (χ4n) is 0.776. The van der Waals surface area contributed by atoms with Crippen molar-refractivity contribution in [3.63, 3.8) is 0 Å². The minimum absolute atomic E-state index is 0.00981. The van der Waals surface area contributed by atoms with Gasteiger partial charge >= 0.3 is 0 Å².